The molecule has 0 amide bonds. The highest BCUT2D eigenvalue weighted by atomic mass is 19.4. The molecule has 3 rings (SSSR count). The van der Waals surface area contributed by atoms with Gasteiger partial charge in [0.25, 0.3) is 0 Å². The van der Waals surface area contributed by atoms with E-state index in [1.807, 2.05) is 10.8 Å². The number of quaternary nitrogens is 1. The molecule has 1 saturated heterocycles. The smallest absolute Gasteiger partial charge is 0.372 e. The lowest BCUT2D eigenvalue weighted by molar-refractivity contribution is -0.677. The maximum atomic E-state index is 12.6. The van der Waals surface area contributed by atoms with Crippen molar-refractivity contribution in [3.63, 3.8) is 0 Å². The first-order valence-electron chi connectivity index (χ1n) is 8.12. The molecular formula is C17H21F3N3O+. The number of nitrogens with two attached hydrogens (primary N) is 1. The van der Waals surface area contributed by atoms with Gasteiger partial charge < -0.3 is 14.6 Å². The van der Waals surface area contributed by atoms with Gasteiger partial charge in [-0.2, -0.15) is 13.2 Å². The number of rotatable bonds is 6. The minimum Gasteiger partial charge on any atom is -0.372 e. The summed E-state index contributed by atoms with van der Waals surface area (Å²) in [5, 5.41) is 2.17. The van der Waals surface area contributed by atoms with Gasteiger partial charge in [0, 0.05) is 25.5 Å². The summed E-state index contributed by atoms with van der Waals surface area (Å²) < 4.78 is 45.4. The largest absolute Gasteiger partial charge is 0.416 e. The van der Waals surface area contributed by atoms with Gasteiger partial charge in [0.15, 0.2) is 5.82 Å². The van der Waals surface area contributed by atoms with Crippen LogP contribution in [0.2, 0.25) is 0 Å². The van der Waals surface area contributed by atoms with Crippen molar-refractivity contribution in [1.29, 1.82) is 0 Å². The fraction of sp³-hybridized carbons (Fsp3) is 0.471. The lowest BCUT2D eigenvalue weighted by atomic mass is 10.1. The highest BCUT2D eigenvalue weighted by molar-refractivity contribution is 5.25. The van der Waals surface area contributed by atoms with E-state index in [1.165, 1.54) is 12.1 Å². The summed E-state index contributed by atoms with van der Waals surface area (Å²) in [6.45, 7) is 3.00. The number of hydrogen-bond acceptors (Lipinski definition) is 2. The van der Waals surface area contributed by atoms with Gasteiger partial charge in [0.05, 0.1) is 5.56 Å². The van der Waals surface area contributed by atoms with Gasteiger partial charge in [0.1, 0.15) is 19.2 Å². The summed E-state index contributed by atoms with van der Waals surface area (Å²) in [4.78, 5) is 4.34. The van der Waals surface area contributed by atoms with E-state index in [0.717, 1.165) is 56.1 Å². The number of hydrogen-bond donors (Lipinski definition) is 1. The lowest BCUT2D eigenvalue weighted by Gasteiger charge is -2.11. The molecule has 2 N–H and O–H groups in total. The van der Waals surface area contributed by atoms with Crippen LogP contribution in [-0.4, -0.2) is 28.8 Å². The second-order valence-corrected chi connectivity index (χ2v) is 6.03. The van der Waals surface area contributed by atoms with Crippen LogP contribution in [0, 0.1) is 0 Å². The van der Waals surface area contributed by atoms with E-state index < -0.39 is 11.7 Å². The quantitative estimate of drug-likeness (QED) is 0.876. The van der Waals surface area contributed by atoms with Crippen molar-refractivity contribution < 1.29 is 23.2 Å². The predicted molar refractivity (Wildman–Crippen MR) is 82.2 cm³/mol. The van der Waals surface area contributed by atoms with Crippen molar-refractivity contribution in [3.05, 3.63) is 53.6 Å². The second-order valence-electron chi connectivity index (χ2n) is 6.03. The lowest BCUT2D eigenvalue weighted by Crippen LogP contribution is -2.85. The van der Waals surface area contributed by atoms with Gasteiger partial charge in [0.2, 0.25) is 0 Å². The summed E-state index contributed by atoms with van der Waals surface area (Å²) in [5.41, 5.74) is 0.198. The summed E-state index contributed by atoms with van der Waals surface area (Å²) in [6.07, 6.45) is 1.84. The highest BCUT2D eigenvalue weighted by Crippen LogP contribution is 2.29. The molecular weight excluding hydrogens is 319 g/mol. The number of halogens is 3. The normalized spacial score (nSPS) is 18.2. The molecule has 1 aromatic carbocycles. The summed E-state index contributed by atoms with van der Waals surface area (Å²) >= 11 is 0. The van der Waals surface area contributed by atoms with E-state index in [-0.39, 0.29) is 0 Å². The maximum Gasteiger partial charge on any atom is 0.416 e. The van der Waals surface area contributed by atoms with Crippen LogP contribution < -0.4 is 5.32 Å². The first kappa shape index (κ1) is 17.0. The summed E-state index contributed by atoms with van der Waals surface area (Å²) in [5.74, 6) is 0.910. The summed E-state index contributed by atoms with van der Waals surface area (Å²) in [7, 11) is 0. The van der Waals surface area contributed by atoms with E-state index >= 15 is 0 Å². The van der Waals surface area contributed by atoms with Crippen LogP contribution in [0.4, 0.5) is 13.2 Å². The van der Waals surface area contributed by atoms with E-state index in [0.29, 0.717) is 12.6 Å². The molecule has 1 aliphatic rings. The molecule has 0 unspecified atom stereocenters. The Morgan fingerprint density at radius 2 is 2.04 bits per heavy atom. The Morgan fingerprint density at radius 1 is 1.25 bits per heavy atom. The molecule has 0 bridgehead atoms. The van der Waals surface area contributed by atoms with Crippen molar-refractivity contribution in [2.24, 2.45) is 0 Å². The van der Waals surface area contributed by atoms with E-state index in [4.69, 9.17) is 4.74 Å². The molecule has 1 atom stereocenters. The van der Waals surface area contributed by atoms with Crippen LogP contribution in [-0.2, 0) is 24.0 Å². The molecule has 2 heterocycles. The fourth-order valence-corrected chi connectivity index (χ4v) is 2.90. The average Bonchev–Trinajstić information content (AvgIpc) is 3.20. The van der Waals surface area contributed by atoms with Gasteiger partial charge in [-0.15, -0.1) is 0 Å². The third kappa shape index (κ3) is 4.36. The SMILES string of the molecule is FC(F)(F)c1ccc(Cn2ccnc2C[NH2+]C[C@@H]2CCCO2)cc1. The van der Waals surface area contributed by atoms with Gasteiger partial charge in [-0.1, -0.05) is 12.1 Å². The number of ether oxygens (including phenoxy) is 1. The third-order valence-corrected chi connectivity index (χ3v) is 4.22. The van der Waals surface area contributed by atoms with Crippen LogP contribution >= 0.6 is 0 Å². The minimum absolute atomic E-state index is 0.323. The Balaban J connectivity index is 1.56. The maximum absolute atomic E-state index is 12.6. The number of imidazole rings is 1. The zero-order chi connectivity index (χ0) is 17.0. The van der Waals surface area contributed by atoms with Crippen molar-refractivity contribution in [3.8, 4) is 0 Å². The van der Waals surface area contributed by atoms with Crippen LogP contribution in [0.5, 0.6) is 0 Å². The minimum atomic E-state index is -4.30. The molecule has 0 aliphatic carbocycles. The molecule has 1 aliphatic heterocycles. The zero-order valence-corrected chi connectivity index (χ0v) is 13.3. The van der Waals surface area contributed by atoms with Gasteiger partial charge in [-0.05, 0) is 30.5 Å². The van der Waals surface area contributed by atoms with Gasteiger partial charge in [-0.3, -0.25) is 0 Å². The molecule has 4 nitrogen and oxygen atoms in total. The monoisotopic (exact) mass is 340 g/mol. The van der Waals surface area contributed by atoms with E-state index in [1.54, 1.807) is 6.20 Å². The third-order valence-electron chi connectivity index (χ3n) is 4.22. The topological polar surface area (TPSA) is 43.7 Å². The molecule has 2 aromatic rings. The summed E-state index contributed by atoms with van der Waals surface area (Å²) in [6, 6.07) is 5.27. The first-order chi connectivity index (χ1) is 11.5. The Kier molecular flexibility index (Phi) is 5.20. The van der Waals surface area contributed by atoms with Crippen molar-refractivity contribution >= 4 is 0 Å². The predicted octanol–water partition coefficient (Wildman–Crippen LogP) is 2.19. The standard InChI is InChI=1S/C17H20F3N3O/c18-17(19,20)14-5-3-13(4-6-14)12-23-8-7-22-16(23)11-21-10-15-2-1-9-24-15/h3-8,15,21H,1-2,9-12H2/p+1/t15-/m0/s1. The molecule has 7 heteroatoms. The molecule has 1 fully saturated rings. The van der Waals surface area contributed by atoms with Crippen molar-refractivity contribution in [2.75, 3.05) is 13.2 Å². The molecule has 24 heavy (non-hydrogen) atoms. The van der Waals surface area contributed by atoms with E-state index in [2.05, 4.69) is 10.3 Å². The first-order valence-corrected chi connectivity index (χ1v) is 8.12. The molecule has 130 valence electrons. The second kappa shape index (κ2) is 7.36. The number of alkyl halides is 3. The zero-order valence-electron chi connectivity index (χ0n) is 13.3. The Bertz CT molecular complexity index is 646. The van der Waals surface area contributed by atoms with Crippen LogP contribution in [0.1, 0.15) is 29.8 Å². The fourth-order valence-electron chi connectivity index (χ4n) is 2.90. The Hall–Kier alpha value is -1.86. The molecule has 0 saturated carbocycles. The van der Waals surface area contributed by atoms with Crippen LogP contribution in [0.25, 0.3) is 0 Å². The van der Waals surface area contributed by atoms with Gasteiger partial charge >= 0.3 is 6.18 Å². The van der Waals surface area contributed by atoms with Crippen molar-refractivity contribution in [1.82, 2.24) is 9.55 Å². The highest BCUT2D eigenvalue weighted by Gasteiger charge is 2.29. The average molecular weight is 340 g/mol. The number of aromatic nitrogens is 2. The number of benzene rings is 1. The Labute approximate surface area is 138 Å². The van der Waals surface area contributed by atoms with Crippen molar-refractivity contribution in [2.45, 2.75) is 38.2 Å². The molecule has 0 radical (unpaired) electrons. The Morgan fingerprint density at radius 3 is 2.71 bits per heavy atom. The number of nitrogens with zero attached hydrogens (tertiary/aromatic N) is 2. The van der Waals surface area contributed by atoms with Gasteiger partial charge in [-0.25, -0.2) is 4.98 Å². The van der Waals surface area contributed by atoms with Crippen LogP contribution in [0.15, 0.2) is 36.7 Å². The molecule has 0 spiro atoms. The van der Waals surface area contributed by atoms with Crippen LogP contribution in [0.3, 0.4) is 0 Å². The molecule has 1 aromatic heterocycles. The van der Waals surface area contributed by atoms with E-state index in [9.17, 15) is 13.2 Å².